The van der Waals surface area contributed by atoms with Crippen LogP contribution in [0.1, 0.15) is 50.3 Å². The van der Waals surface area contributed by atoms with Gasteiger partial charge in [0.2, 0.25) is 0 Å². The first-order chi connectivity index (χ1) is 15.3. The van der Waals surface area contributed by atoms with E-state index in [0.29, 0.717) is 27.9 Å². The second-order valence-electron chi connectivity index (χ2n) is 8.71. The Kier molecular flexibility index (Phi) is 5.51. The summed E-state index contributed by atoms with van der Waals surface area (Å²) in [4.78, 5) is 4.28. The van der Waals surface area contributed by atoms with Crippen molar-refractivity contribution in [3.63, 3.8) is 0 Å². The maximum atomic E-state index is 13.9. The molecule has 2 aliphatic rings. The number of nitrogens with two attached hydrogens (primary N) is 1. The van der Waals surface area contributed by atoms with Crippen molar-refractivity contribution in [1.82, 2.24) is 20.1 Å². The number of rotatable bonds is 5. The maximum absolute atomic E-state index is 13.9. The number of halogens is 3. The highest BCUT2D eigenvalue weighted by atomic mass is 35.5. The number of pyridine rings is 1. The number of nitrogens with zero attached hydrogens (tertiary/aromatic N) is 3. The number of hydrogen-bond donors (Lipinski definition) is 2. The predicted octanol–water partition coefficient (Wildman–Crippen LogP) is 5.57. The Morgan fingerprint density at radius 1 is 1.28 bits per heavy atom. The first kappa shape index (κ1) is 21.5. The molecule has 1 saturated heterocycles. The van der Waals surface area contributed by atoms with Crippen LogP contribution in [0.3, 0.4) is 0 Å². The van der Waals surface area contributed by atoms with Gasteiger partial charge in [-0.3, -0.25) is 4.68 Å². The van der Waals surface area contributed by atoms with E-state index in [1.807, 2.05) is 23.1 Å². The first-order valence-electron chi connectivity index (χ1n) is 10.7. The summed E-state index contributed by atoms with van der Waals surface area (Å²) in [6.45, 7) is 2.67. The SMILES string of the molecule is CC(Oc1cc(-c2cnn(C3CNC4(CCC4)C3)c2)cnc1N)c1c(Cl)ccc(F)c1Cl. The monoisotopic (exact) mass is 475 g/mol. The van der Waals surface area contributed by atoms with E-state index < -0.39 is 11.9 Å². The molecular formula is C23H24Cl2FN5O. The fourth-order valence-corrected chi connectivity index (χ4v) is 5.34. The summed E-state index contributed by atoms with van der Waals surface area (Å²) in [7, 11) is 0. The fraction of sp³-hybridized carbons (Fsp3) is 0.391. The van der Waals surface area contributed by atoms with E-state index in [9.17, 15) is 4.39 Å². The quantitative estimate of drug-likeness (QED) is 0.471. The number of aromatic nitrogens is 3. The van der Waals surface area contributed by atoms with E-state index >= 15 is 0 Å². The average molecular weight is 476 g/mol. The number of nitrogen functional groups attached to an aromatic ring is 1. The molecule has 1 aromatic carbocycles. The van der Waals surface area contributed by atoms with Crippen LogP contribution >= 0.6 is 23.2 Å². The van der Waals surface area contributed by atoms with Gasteiger partial charge in [0.1, 0.15) is 11.9 Å². The average Bonchev–Trinajstić information content (AvgIpc) is 3.40. The lowest BCUT2D eigenvalue weighted by Crippen LogP contribution is -2.45. The van der Waals surface area contributed by atoms with Gasteiger partial charge < -0.3 is 15.8 Å². The summed E-state index contributed by atoms with van der Waals surface area (Å²) in [5.41, 5.74) is 8.48. The molecule has 0 bridgehead atoms. The smallest absolute Gasteiger partial charge is 0.166 e. The molecule has 9 heteroatoms. The number of benzene rings is 1. The van der Waals surface area contributed by atoms with Crippen LogP contribution in [-0.2, 0) is 0 Å². The van der Waals surface area contributed by atoms with Crippen molar-refractivity contribution in [2.45, 2.75) is 50.3 Å². The minimum Gasteiger partial charge on any atom is -0.482 e. The normalized spacial score (nSPS) is 20.3. The van der Waals surface area contributed by atoms with Gasteiger partial charge in [0, 0.05) is 46.2 Å². The lowest BCUT2D eigenvalue weighted by atomic mass is 9.75. The molecule has 3 heterocycles. The third kappa shape index (κ3) is 3.83. The molecule has 0 amide bonds. The molecule has 1 aliphatic heterocycles. The second-order valence-corrected chi connectivity index (χ2v) is 9.49. The summed E-state index contributed by atoms with van der Waals surface area (Å²) >= 11 is 12.4. The van der Waals surface area contributed by atoms with E-state index in [0.717, 1.165) is 24.1 Å². The summed E-state index contributed by atoms with van der Waals surface area (Å²) in [5, 5.41) is 8.52. The molecule has 2 aromatic heterocycles. The van der Waals surface area contributed by atoms with Crippen molar-refractivity contribution in [3.8, 4) is 16.9 Å². The van der Waals surface area contributed by atoms with Gasteiger partial charge in [-0.1, -0.05) is 23.2 Å². The van der Waals surface area contributed by atoms with Crippen molar-refractivity contribution in [2.75, 3.05) is 12.3 Å². The summed E-state index contributed by atoms with van der Waals surface area (Å²) in [6.07, 6.45) is 9.82. The Bertz CT molecular complexity index is 1160. The Morgan fingerprint density at radius 3 is 2.81 bits per heavy atom. The molecular weight excluding hydrogens is 452 g/mol. The van der Waals surface area contributed by atoms with Gasteiger partial charge in [-0.15, -0.1) is 0 Å². The highest BCUT2D eigenvalue weighted by molar-refractivity contribution is 6.36. The van der Waals surface area contributed by atoms with E-state index in [1.54, 1.807) is 13.1 Å². The van der Waals surface area contributed by atoms with Crippen molar-refractivity contribution >= 4 is 29.0 Å². The summed E-state index contributed by atoms with van der Waals surface area (Å²) in [6, 6.07) is 4.83. The van der Waals surface area contributed by atoms with Crippen LogP contribution in [0.25, 0.3) is 11.1 Å². The van der Waals surface area contributed by atoms with Gasteiger partial charge in [0.05, 0.1) is 17.3 Å². The second kappa shape index (κ2) is 8.21. The number of hydrogen-bond acceptors (Lipinski definition) is 5. The molecule has 2 atom stereocenters. The molecule has 1 aliphatic carbocycles. The molecule has 5 rings (SSSR count). The topological polar surface area (TPSA) is 78.0 Å². The van der Waals surface area contributed by atoms with E-state index in [4.69, 9.17) is 33.7 Å². The first-order valence-corrected chi connectivity index (χ1v) is 11.5. The third-order valence-electron chi connectivity index (χ3n) is 6.63. The lowest BCUT2D eigenvalue weighted by Gasteiger charge is -2.38. The highest BCUT2D eigenvalue weighted by Gasteiger charge is 2.44. The number of ether oxygens (including phenoxy) is 1. The van der Waals surface area contributed by atoms with Crippen LogP contribution in [0.5, 0.6) is 5.75 Å². The largest absolute Gasteiger partial charge is 0.482 e. The van der Waals surface area contributed by atoms with Gasteiger partial charge in [0.15, 0.2) is 11.6 Å². The van der Waals surface area contributed by atoms with Gasteiger partial charge in [-0.2, -0.15) is 5.10 Å². The molecule has 0 radical (unpaired) electrons. The lowest BCUT2D eigenvalue weighted by molar-refractivity contribution is 0.209. The van der Waals surface area contributed by atoms with Gasteiger partial charge in [-0.05, 0) is 50.8 Å². The van der Waals surface area contributed by atoms with Crippen LogP contribution in [0, 0.1) is 5.82 Å². The summed E-state index contributed by atoms with van der Waals surface area (Å²) < 4.78 is 22.0. The van der Waals surface area contributed by atoms with Crippen LogP contribution in [-0.4, -0.2) is 26.8 Å². The van der Waals surface area contributed by atoms with Crippen LogP contribution in [0.2, 0.25) is 10.0 Å². The minimum atomic E-state index is -0.629. The summed E-state index contributed by atoms with van der Waals surface area (Å²) in [5.74, 6) is 0.0394. The Morgan fingerprint density at radius 2 is 2.09 bits per heavy atom. The zero-order valence-electron chi connectivity index (χ0n) is 17.6. The molecule has 6 nitrogen and oxygen atoms in total. The zero-order chi connectivity index (χ0) is 22.5. The molecule has 3 aromatic rings. The molecule has 1 spiro atoms. The molecule has 2 fully saturated rings. The predicted molar refractivity (Wildman–Crippen MR) is 124 cm³/mol. The van der Waals surface area contributed by atoms with Crippen molar-refractivity contribution in [2.24, 2.45) is 0 Å². The molecule has 168 valence electrons. The molecule has 3 N–H and O–H groups in total. The van der Waals surface area contributed by atoms with Gasteiger partial charge in [0.25, 0.3) is 0 Å². The number of anilines is 1. The van der Waals surface area contributed by atoms with E-state index in [2.05, 4.69) is 15.4 Å². The standard InChI is InChI=1S/C23H24Cl2FN5O/c1-13(20-17(24)3-4-18(26)21(20)25)32-19-7-14(9-28-22(19)27)15-10-30-31(12-15)16-8-23(29-11-16)5-2-6-23/h3-4,7,9-10,12-13,16,29H,2,5-6,8,11H2,1H3,(H2,27,28). The minimum absolute atomic E-state index is 0.0663. The van der Waals surface area contributed by atoms with Crippen LogP contribution in [0.15, 0.2) is 36.8 Å². The maximum Gasteiger partial charge on any atom is 0.166 e. The molecule has 1 saturated carbocycles. The fourth-order valence-electron chi connectivity index (χ4n) is 4.66. The van der Waals surface area contributed by atoms with Crippen LogP contribution in [0.4, 0.5) is 10.2 Å². The Labute approximate surface area is 195 Å². The highest BCUT2D eigenvalue weighted by Crippen LogP contribution is 2.43. The zero-order valence-corrected chi connectivity index (χ0v) is 19.1. The Balaban J connectivity index is 1.37. The molecule has 32 heavy (non-hydrogen) atoms. The van der Waals surface area contributed by atoms with Crippen molar-refractivity contribution in [3.05, 3.63) is 58.2 Å². The number of nitrogens with one attached hydrogen (secondary N) is 1. The van der Waals surface area contributed by atoms with E-state index in [1.165, 1.54) is 31.4 Å². The third-order valence-corrected chi connectivity index (χ3v) is 7.34. The van der Waals surface area contributed by atoms with Gasteiger partial charge >= 0.3 is 0 Å². The van der Waals surface area contributed by atoms with Crippen molar-refractivity contribution in [1.29, 1.82) is 0 Å². The van der Waals surface area contributed by atoms with E-state index in [-0.39, 0.29) is 10.8 Å². The molecule has 2 unspecified atom stereocenters. The van der Waals surface area contributed by atoms with Gasteiger partial charge in [-0.25, -0.2) is 9.37 Å². The Hall–Kier alpha value is -2.35. The van der Waals surface area contributed by atoms with Crippen molar-refractivity contribution < 1.29 is 9.13 Å². The van der Waals surface area contributed by atoms with Crippen LogP contribution < -0.4 is 15.8 Å².